The molecule has 0 unspecified atom stereocenters. The van der Waals surface area contributed by atoms with Crippen LogP contribution in [0.15, 0.2) is 11.0 Å². The van der Waals surface area contributed by atoms with Crippen molar-refractivity contribution in [2.75, 3.05) is 7.11 Å². The second-order valence-electron chi connectivity index (χ2n) is 3.62. The van der Waals surface area contributed by atoms with Crippen molar-refractivity contribution in [1.29, 1.82) is 0 Å². The SMILES string of the molecule is COC(=O)Cn1cc(I)c2c(=O)n(C)c(Cl)nc21. The molecule has 2 rings (SSSR count). The Hall–Kier alpha value is -1.09. The fourth-order valence-corrected chi connectivity index (χ4v) is 2.53. The number of carbonyl (C=O) groups excluding carboxylic acids is 1. The van der Waals surface area contributed by atoms with Gasteiger partial charge in [0.25, 0.3) is 5.56 Å². The van der Waals surface area contributed by atoms with E-state index in [9.17, 15) is 9.59 Å². The van der Waals surface area contributed by atoms with Gasteiger partial charge < -0.3 is 9.30 Å². The number of methoxy groups -OCH3 is 1. The third kappa shape index (κ3) is 2.12. The summed E-state index contributed by atoms with van der Waals surface area (Å²) in [4.78, 5) is 27.4. The van der Waals surface area contributed by atoms with Gasteiger partial charge in [-0.3, -0.25) is 14.2 Å². The van der Waals surface area contributed by atoms with Crippen LogP contribution in [-0.4, -0.2) is 27.2 Å². The van der Waals surface area contributed by atoms with Gasteiger partial charge in [0.15, 0.2) is 5.65 Å². The maximum atomic E-state index is 12.0. The highest BCUT2D eigenvalue weighted by molar-refractivity contribution is 14.1. The molecule has 0 saturated carbocycles. The summed E-state index contributed by atoms with van der Waals surface area (Å²) in [6.07, 6.45) is 1.67. The summed E-state index contributed by atoms with van der Waals surface area (Å²) in [5.41, 5.74) is 0.149. The molecular weight excluding hydrogens is 372 g/mol. The van der Waals surface area contributed by atoms with Crippen LogP contribution in [0, 0.1) is 3.57 Å². The highest BCUT2D eigenvalue weighted by Gasteiger charge is 2.16. The van der Waals surface area contributed by atoms with E-state index in [0.717, 1.165) is 3.57 Å². The highest BCUT2D eigenvalue weighted by Crippen LogP contribution is 2.19. The molecule has 0 bridgehead atoms. The van der Waals surface area contributed by atoms with E-state index in [-0.39, 0.29) is 17.4 Å². The van der Waals surface area contributed by atoms with E-state index >= 15 is 0 Å². The van der Waals surface area contributed by atoms with Crippen LogP contribution in [0.25, 0.3) is 11.0 Å². The standard InChI is InChI=1S/C10H9ClIN3O3/c1-14-9(17)7-5(12)3-15(4-6(16)18-2)8(7)13-10(14)11/h3H,4H2,1-2H3. The number of carbonyl (C=O) groups is 1. The normalized spacial score (nSPS) is 10.9. The fraction of sp³-hybridized carbons (Fsp3) is 0.300. The molecule has 0 aliphatic heterocycles. The zero-order chi connectivity index (χ0) is 13.4. The Labute approximate surface area is 121 Å². The first-order chi connectivity index (χ1) is 8.45. The van der Waals surface area contributed by atoms with Crippen molar-refractivity contribution in [3.8, 4) is 0 Å². The smallest absolute Gasteiger partial charge is 0.325 e. The van der Waals surface area contributed by atoms with E-state index in [4.69, 9.17) is 11.6 Å². The number of rotatable bonds is 2. The van der Waals surface area contributed by atoms with Crippen molar-refractivity contribution in [3.05, 3.63) is 25.4 Å². The maximum absolute atomic E-state index is 12.0. The monoisotopic (exact) mass is 381 g/mol. The van der Waals surface area contributed by atoms with Crippen LogP contribution < -0.4 is 5.56 Å². The Balaban J connectivity index is 2.72. The van der Waals surface area contributed by atoms with Gasteiger partial charge >= 0.3 is 5.97 Å². The molecule has 0 spiro atoms. The lowest BCUT2D eigenvalue weighted by Crippen LogP contribution is -2.20. The molecule has 0 aliphatic rings. The van der Waals surface area contributed by atoms with E-state index < -0.39 is 5.97 Å². The van der Waals surface area contributed by atoms with Crippen LogP contribution >= 0.6 is 34.2 Å². The van der Waals surface area contributed by atoms with E-state index in [2.05, 4.69) is 9.72 Å². The van der Waals surface area contributed by atoms with Gasteiger partial charge in [0.05, 0.1) is 12.5 Å². The number of hydrogen-bond donors (Lipinski definition) is 0. The number of halogens is 2. The fourth-order valence-electron chi connectivity index (χ4n) is 1.57. The lowest BCUT2D eigenvalue weighted by atomic mass is 10.4. The Bertz CT molecular complexity index is 692. The molecule has 96 valence electrons. The molecule has 0 aromatic carbocycles. The van der Waals surface area contributed by atoms with Crippen LogP contribution in [0.1, 0.15) is 0 Å². The van der Waals surface area contributed by atoms with Gasteiger partial charge in [0.1, 0.15) is 6.54 Å². The van der Waals surface area contributed by atoms with Gasteiger partial charge in [0.2, 0.25) is 5.28 Å². The number of nitrogens with zero attached hydrogens (tertiary/aromatic N) is 3. The van der Waals surface area contributed by atoms with Crippen LogP contribution in [-0.2, 0) is 23.1 Å². The minimum Gasteiger partial charge on any atom is -0.468 e. The third-order valence-corrected chi connectivity index (χ3v) is 3.68. The lowest BCUT2D eigenvalue weighted by Gasteiger charge is -2.04. The minimum absolute atomic E-state index is 0.00744. The summed E-state index contributed by atoms with van der Waals surface area (Å²) < 4.78 is 8.12. The topological polar surface area (TPSA) is 66.1 Å². The third-order valence-electron chi connectivity index (χ3n) is 2.52. The average molecular weight is 382 g/mol. The predicted molar refractivity (Wildman–Crippen MR) is 74.7 cm³/mol. The van der Waals surface area contributed by atoms with Crippen LogP contribution in [0.2, 0.25) is 5.28 Å². The summed E-state index contributed by atoms with van der Waals surface area (Å²) in [6.45, 7) is -0.00744. The predicted octanol–water partition coefficient (Wildman–Crippen LogP) is 1.17. The van der Waals surface area contributed by atoms with Crippen molar-refractivity contribution in [1.82, 2.24) is 14.1 Å². The quantitative estimate of drug-likeness (QED) is 0.445. The molecule has 0 saturated heterocycles. The first kappa shape index (κ1) is 13.3. The summed E-state index contributed by atoms with van der Waals surface area (Å²) in [5.74, 6) is -0.415. The number of esters is 1. The number of aromatic nitrogens is 3. The first-order valence-electron chi connectivity index (χ1n) is 4.93. The Morgan fingerprint density at radius 2 is 2.28 bits per heavy atom. The second kappa shape index (κ2) is 4.88. The molecule has 0 amide bonds. The van der Waals surface area contributed by atoms with Crippen LogP contribution in [0.5, 0.6) is 0 Å². The van der Waals surface area contributed by atoms with Gasteiger partial charge in [-0.2, -0.15) is 0 Å². The van der Waals surface area contributed by atoms with E-state index in [1.807, 2.05) is 22.6 Å². The molecule has 0 aliphatic carbocycles. The average Bonchev–Trinajstić information content (AvgIpc) is 2.62. The first-order valence-corrected chi connectivity index (χ1v) is 6.39. The lowest BCUT2D eigenvalue weighted by molar-refractivity contribution is -0.141. The van der Waals surface area contributed by atoms with Crippen molar-refractivity contribution < 1.29 is 9.53 Å². The number of ether oxygens (including phenoxy) is 1. The number of hydrogen-bond acceptors (Lipinski definition) is 4. The molecule has 0 radical (unpaired) electrons. The largest absolute Gasteiger partial charge is 0.468 e. The van der Waals surface area contributed by atoms with Crippen molar-refractivity contribution in [2.24, 2.45) is 7.05 Å². The summed E-state index contributed by atoms with van der Waals surface area (Å²) >= 11 is 7.89. The van der Waals surface area contributed by atoms with Gasteiger partial charge in [-0.1, -0.05) is 0 Å². The molecule has 2 heterocycles. The summed E-state index contributed by atoms with van der Waals surface area (Å²) in [5, 5.41) is 0.527. The molecule has 0 fully saturated rings. The zero-order valence-corrected chi connectivity index (χ0v) is 12.5. The second-order valence-corrected chi connectivity index (χ2v) is 5.12. The molecule has 8 heteroatoms. The van der Waals surface area contributed by atoms with Gasteiger partial charge in [-0.15, -0.1) is 0 Å². The van der Waals surface area contributed by atoms with Crippen molar-refractivity contribution in [3.63, 3.8) is 0 Å². The molecule has 0 N–H and O–H groups in total. The minimum atomic E-state index is -0.415. The summed E-state index contributed by atoms with van der Waals surface area (Å²) in [7, 11) is 2.85. The molecule has 6 nitrogen and oxygen atoms in total. The molecule has 2 aromatic rings. The van der Waals surface area contributed by atoms with Gasteiger partial charge in [-0.25, -0.2) is 4.98 Å². The molecule has 18 heavy (non-hydrogen) atoms. The van der Waals surface area contributed by atoms with E-state index in [1.165, 1.54) is 11.7 Å². The molecule has 0 atom stereocenters. The Morgan fingerprint density at radius 3 is 2.89 bits per heavy atom. The van der Waals surface area contributed by atoms with E-state index in [0.29, 0.717) is 11.0 Å². The van der Waals surface area contributed by atoms with Gasteiger partial charge in [-0.05, 0) is 34.2 Å². The zero-order valence-electron chi connectivity index (χ0n) is 9.61. The van der Waals surface area contributed by atoms with E-state index in [1.54, 1.807) is 17.8 Å². The Kier molecular flexibility index (Phi) is 3.62. The van der Waals surface area contributed by atoms with Crippen molar-refractivity contribution >= 4 is 51.2 Å². The van der Waals surface area contributed by atoms with Crippen LogP contribution in [0.3, 0.4) is 0 Å². The maximum Gasteiger partial charge on any atom is 0.325 e. The van der Waals surface area contributed by atoms with Crippen molar-refractivity contribution in [2.45, 2.75) is 6.54 Å². The Morgan fingerprint density at radius 1 is 1.61 bits per heavy atom. The highest BCUT2D eigenvalue weighted by atomic mass is 127. The summed E-state index contributed by atoms with van der Waals surface area (Å²) in [6, 6.07) is 0. The molecule has 2 aromatic heterocycles. The van der Waals surface area contributed by atoms with Crippen LogP contribution in [0.4, 0.5) is 0 Å². The number of fused-ring (bicyclic) bond motifs is 1. The van der Waals surface area contributed by atoms with Gasteiger partial charge in [0, 0.05) is 16.8 Å². The molecular formula is C10H9ClIN3O3.